The molecule has 1 N–H and O–H groups in total. The maximum Gasteiger partial charge on any atom is 0.335 e. The average molecular weight is 364 g/mol. The highest BCUT2D eigenvalue weighted by atomic mass is 16.4. The van der Waals surface area contributed by atoms with E-state index in [2.05, 4.69) is 0 Å². The Balaban J connectivity index is 1.57. The molecule has 6 heteroatoms. The van der Waals surface area contributed by atoms with E-state index in [1.165, 1.54) is 0 Å². The SMILES string of the molecule is O=C(O)c1cccc2c1CCN(C(=O)c1cccc(N3CCCC3=O)c1)C2. The van der Waals surface area contributed by atoms with Gasteiger partial charge in [0, 0.05) is 37.3 Å². The van der Waals surface area contributed by atoms with Gasteiger partial charge in [0.1, 0.15) is 0 Å². The van der Waals surface area contributed by atoms with Crippen molar-refractivity contribution in [3.63, 3.8) is 0 Å². The molecule has 0 aliphatic carbocycles. The van der Waals surface area contributed by atoms with Gasteiger partial charge in [-0.15, -0.1) is 0 Å². The van der Waals surface area contributed by atoms with Gasteiger partial charge in [-0.2, -0.15) is 0 Å². The largest absolute Gasteiger partial charge is 0.478 e. The number of anilines is 1. The summed E-state index contributed by atoms with van der Waals surface area (Å²) in [6, 6.07) is 12.4. The summed E-state index contributed by atoms with van der Waals surface area (Å²) in [5.41, 5.74) is 3.30. The van der Waals surface area contributed by atoms with E-state index in [0.29, 0.717) is 43.6 Å². The second kappa shape index (κ2) is 6.87. The van der Waals surface area contributed by atoms with Crippen LogP contribution in [0.4, 0.5) is 5.69 Å². The standard InChI is InChI=1S/C21H20N2O4/c24-19-8-3-10-23(19)16-6-1-4-14(12-16)20(25)22-11-9-17-15(13-22)5-2-7-18(17)21(26)27/h1-2,4-7,12H,3,8-11,13H2,(H,26,27). The fraction of sp³-hybridized carbons (Fsp3) is 0.286. The van der Waals surface area contributed by atoms with Gasteiger partial charge in [0.2, 0.25) is 5.91 Å². The van der Waals surface area contributed by atoms with Crippen LogP contribution >= 0.6 is 0 Å². The Morgan fingerprint density at radius 1 is 1.00 bits per heavy atom. The van der Waals surface area contributed by atoms with Crippen LogP contribution in [0.15, 0.2) is 42.5 Å². The molecule has 1 saturated heterocycles. The fourth-order valence-electron chi connectivity index (χ4n) is 3.89. The molecule has 2 amide bonds. The lowest BCUT2D eigenvalue weighted by atomic mass is 9.94. The maximum absolute atomic E-state index is 13.0. The molecule has 1 fully saturated rings. The number of carboxylic acid groups (broad SMARTS) is 1. The van der Waals surface area contributed by atoms with Crippen LogP contribution in [0.3, 0.4) is 0 Å². The zero-order chi connectivity index (χ0) is 19.0. The summed E-state index contributed by atoms with van der Waals surface area (Å²) in [4.78, 5) is 39.8. The van der Waals surface area contributed by atoms with Crippen molar-refractivity contribution in [3.8, 4) is 0 Å². The first kappa shape index (κ1) is 17.3. The molecule has 0 bridgehead atoms. The first-order valence-electron chi connectivity index (χ1n) is 9.08. The molecule has 0 aromatic heterocycles. The van der Waals surface area contributed by atoms with Crippen molar-refractivity contribution in [3.05, 3.63) is 64.7 Å². The van der Waals surface area contributed by atoms with Gasteiger partial charge in [0.05, 0.1) is 5.56 Å². The molecule has 2 aliphatic heterocycles. The summed E-state index contributed by atoms with van der Waals surface area (Å²) in [6.07, 6.45) is 1.91. The second-order valence-corrected chi connectivity index (χ2v) is 6.92. The Bertz CT molecular complexity index is 938. The van der Waals surface area contributed by atoms with Gasteiger partial charge in [0.15, 0.2) is 0 Å². The van der Waals surface area contributed by atoms with E-state index >= 15 is 0 Å². The van der Waals surface area contributed by atoms with E-state index in [4.69, 9.17) is 0 Å². The van der Waals surface area contributed by atoms with Crippen LogP contribution < -0.4 is 4.90 Å². The Kier molecular flexibility index (Phi) is 4.39. The van der Waals surface area contributed by atoms with Gasteiger partial charge < -0.3 is 14.9 Å². The normalized spacial score (nSPS) is 16.4. The molecule has 0 spiro atoms. The monoisotopic (exact) mass is 364 g/mol. The average Bonchev–Trinajstić information content (AvgIpc) is 3.12. The van der Waals surface area contributed by atoms with E-state index in [-0.39, 0.29) is 11.8 Å². The lowest BCUT2D eigenvalue weighted by molar-refractivity contribution is -0.117. The molecule has 27 heavy (non-hydrogen) atoms. The number of nitrogens with zero attached hydrogens (tertiary/aromatic N) is 2. The number of aromatic carboxylic acids is 1. The zero-order valence-corrected chi connectivity index (χ0v) is 14.9. The first-order chi connectivity index (χ1) is 13.0. The quantitative estimate of drug-likeness (QED) is 0.908. The van der Waals surface area contributed by atoms with Crippen LogP contribution in [0.2, 0.25) is 0 Å². The third-order valence-electron chi connectivity index (χ3n) is 5.26. The van der Waals surface area contributed by atoms with Gasteiger partial charge in [-0.3, -0.25) is 9.59 Å². The van der Waals surface area contributed by atoms with E-state index in [1.54, 1.807) is 40.1 Å². The zero-order valence-electron chi connectivity index (χ0n) is 14.9. The highest BCUT2D eigenvalue weighted by molar-refractivity contribution is 5.99. The van der Waals surface area contributed by atoms with Crippen LogP contribution in [-0.2, 0) is 17.8 Å². The number of amides is 2. The number of carbonyl (C=O) groups is 3. The highest BCUT2D eigenvalue weighted by Crippen LogP contribution is 2.26. The summed E-state index contributed by atoms with van der Waals surface area (Å²) in [5.74, 6) is -0.947. The van der Waals surface area contributed by atoms with Crippen LogP contribution in [0, 0.1) is 0 Å². The van der Waals surface area contributed by atoms with E-state index in [0.717, 1.165) is 23.2 Å². The summed E-state index contributed by atoms with van der Waals surface area (Å²) in [7, 11) is 0. The number of fused-ring (bicyclic) bond motifs is 1. The van der Waals surface area contributed by atoms with Gasteiger partial charge in [0.25, 0.3) is 5.91 Å². The maximum atomic E-state index is 13.0. The molecule has 0 radical (unpaired) electrons. The van der Waals surface area contributed by atoms with E-state index in [9.17, 15) is 19.5 Å². The van der Waals surface area contributed by atoms with Crippen molar-refractivity contribution >= 4 is 23.5 Å². The number of carboxylic acids is 1. The molecular formula is C21H20N2O4. The lowest BCUT2D eigenvalue weighted by Gasteiger charge is -2.30. The molecule has 138 valence electrons. The van der Waals surface area contributed by atoms with Gasteiger partial charge in [-0.1, -0.05) is 18.2 Å². The number of rotatable bonds is 3. The van der Waals surface area contributed by atoms with Crippen molar-refractivity contribution < 1.29 is 19.5 Å². The number of hydrogen-bond donors (Lipinski definition) is 1. The highest BCUT2D eigenvalue weighted by Gasteiger charge is 2.26. The fourth-order valence-corrected chi connectivity index (χ4v) is 3.89. The lowest BCUT2D eigenvalue weighted by Crippen LogP contribution is -2.36. The molecule has 2 aliphatic rings. The minimum atomic E-state index is -0.936. The van der Waals surface area contributed by atoms with Gasteiger partial charge in [-0.25, -0.2) is 4.79 Å². The smallest absolute Gasteiger partial charge is 0.335 e. The summed E-state index contributed by atoms with van der Waals surface area (Å²) >= 11 is 0. The minimum Gasteiger partial charge on any atom is -0.478 e. The molecular weight excluding hydrogens is 344 g/mol. The molecule has 2 aromatic carbocycles. The molecule has 0 unspecified atom stereocenters. The van der Waals surface area contributed by atoms with Crippen molar-refractivity contribution in [2.75, 3.05) is 18.0 Å². The van der Waals surface area contributed by atoms with Crippen molar-refractivity contribution in [2.24, 2.45) is 0 Å². The Labute approximate surface area is 157 Å². The third-order valence-corrected chi connectivity index (χ3v) is 5.26. The van der Waals surface area contributed by atoms with Crippen LogP contribution in [-0.4, -0.2) is 40.9 Å². The van der Waals surface area contributed by atoms with Crippen LogP contribution in [0.1, 0.15) is 44.7 Å². The molecule has 4 rings (SSSR count). The predicted molar refractivity (Wildman–Crippen MR) is 99.9 cm³/mol. The summed E-state index contributed by atoms with van der Waals surface area (Å²) < 4.78 is 0. The number of carbonyl (C=O) groups excluding carboxylic acids is 2. The van der Waals surface area contributed by atoms with Crippen molar-refractivity contribution in [1.29, 1.82) is 0 Å². The number of benzene rings is 2. The predicted octanol–water partition coefficient (Wildman–Crippen LogP) is 2.71. The molecule has 2 heterocycles. The third kappa shape index (κ3) is 3.18. The topological polar surface area (TPSA) is 77.9 Å². The Morgan fingerprint density at radius 3 is 2.56 bits per heavy atom. The van der Waals surface area contributed by atoms with E-state index in [1.807, 2.05) is 12.1 Å². The summed E-state index contributed by atoms with van der Waals surface area (Å²) in [5, 5.41) is 9.34. The number of hydrogen-bond acceptors (Lipinski definition) is 3. The molecule has 6 nitrogen and oxygen atoms in total. The molecule has 0 saturated carbocycles. The van der Waals surface area contributed by atoms with Gasteiger partial charge >= 0.3 is 5.97 Å². The Morgan fingerprint density at radius 2 is 1.81 bits per heavy atom. The van der Waals surface area contributed by atoms with Crippen molar-refractivity contribution in [2.45, 2.75) is 25.8 Å². The summed E-state index contributed by atoms with van der Waals surface area (Å²) in [6.45, 7) is 1.55. The van der Waals surface area contributed by atoms with Crippen molar-refractivity contribution in [1.82, 2.24) is 4.90 Å². The Hall–Kier alpha value is -3.15. The first-order valence-corrected chi connectivity index (χ1v) is 9.08. The second-order valence-electron chi connectivity index (χ2n) is 6.92. The van der Waals surface area contributed by atoms with Crippen LogP contribution in [0.25, 0.3) is 0 Å². The van der Waals surface area contributed by atoms with Gasteiger partial charge in [-0.05, 0) is 48.2 Å². The van der Waals surface area contributed by atoms with Crippen LogP contribution in [0.5, 0.6) is 0 Å². The molecule has 2 aromatic rings. The van der Waals surface area contributed by atoms with E-state index < -0.39 is 5.97 Å². The molecule has 0 atom stereocenters. The minimum absolute atomic E-state index is 0.0905.